The van der Waals surface area contributed by atoms with E-state index in [-0.39, 0.29) is 0 Å². The summed E-state index contributed by atoms with van der Waals surface area (Å²) in [7, 11) is -3.31. The minimum absolute atomic E-state index is 0.334. The van der Waals surface area contributed by atoms with E-state index in [2.05, 4.69) is 0 Å². The molecule has 4 nitrogen and oxygen atoms in total. The SMILES string of the molecule is CCCN(CCCl)S(=O)(=O)N(CC)CC. The highest BCUT2D eigenvalue weighted by molar-refractivity contribution is 7.86. The second-order valence-electron chi connectivity index (χ2n) is 3.18. The molecule has 0 saturated heterocycles. The molecule has 15 heavy (non-hydrogen) atoms. The summed E-state index contributed by atoms with van der Waals surface area (Å²) < 4.78 is 27.0. The second-order valence-corrected chi connectivity index (χ2v) is 5.49. The average molecular weight is 257 g/mol. The lowest BCUT2D eigenvalue weighted by Crippen LogP contribution is -2.44. The summed E-state index contributed by atoms with van der Waals surface area (Å²) in [4.78, 5) is 0. The van der Waals surface area contributed by atoms with Crippen molar-refractivity contribution in [2.75, 3.05) is 32.1 Å². The van der Waals surface area contributed by atoms with E-state index in [1.54, 1.807) is 0 Å². The largest absolute Gasteiger partial charge is 0.281 e. The quantitative estimate of drug-likeness (QED) is 0.618. The molecule has 0 aliphatic rings. The molecule has 0 aromatic rings. The van der Waals surface area contributed by atoms with Crippen LogP contribution in [0.2, 0.25) is 0 Å². The molecule has 0 heterocycles. The summed E-state index contributed by atoms with van der Waals surface area (Å²) in [6, 6.07) is 0. The van der Waals surface area contributed by atoms with Gasteiger partial charge in [-0.05, 0) is 6.42 Å². The molecule has 0 rings (SSSR count). The first kappa shape index (κ1) is 15.2. The van der Waals surface area contributed by atoms with Crippen LogP contribution in [-0.2, 0) is 10.2 Å². The number of rotatable bonds is 8. The molecular weight excluding hydrogens is 236 g/mol. The Morgan fingerprint density at radius 3 is 1.87 bits per heavy atom. The van der Waals surface area contributed by atoms with Crippen molar-refractivity contribution in [2.45, 2.75) is 27.2 Å². The smallest absolute Gasteiger partial charge is 0.195 e. The van der Waals surface area contributed by atoms with Gasteiger partial charge < -0.3 is 0 Å². The van der Waals surface area contributed by atoms with Crippen molar-refractivity contribution >= 4 is 21.8 Å². The van der Waals surface area contributed by atoms with Crippen LogP contribution in [-0.4, -0.2) is 49.1 Å². The van der Waals surface area contributed by atoms with Gasteiger partial charge in [-0.3, -0.25) is 0 Å². The number of nitrogens with zero attached hydrogens (tertiary/aromatic N) is 2. The molecule has 0 radical (unpaired) electrons. The standard InChI is InChI=1S/C9H21ClN2O2S/c1-4-8-12(9-7-10)15(13,14)11(5-2)6-3/h4-9H2,1-3H3. The number of hydrogen-bond donors (Lipinski definition) is 0. The topological polar surface area (TPSA) is 40.6 Å². The monoisotopic (exact) mass is 256 g/mol. The zero-order valence-electron chi connectivity index (χ0n) is 9.74. The van der Waals surface area contributed by atoms with Crippen LogP contribution in [0, 0.1) is 0 Å². The molecule has 92 valence electrons. The number of hydrogen-bond acceptors (Lipinski definition) is 2. The molecule has 0 aliphatic heterocycles. The highest BCUT2D eigenvalue weighted by atomic mass is 35.5. The van der Waals surface area contributed by atoms with Crippen LogP contribution in [0.4, 0.5) is 0 Å². The molecule has 0 amide bonds. The van der Waals surface area contributed by atoms with E-state index in [1.807, 2.05) is 20.8 Å². The molecule has 6 heteroatoms. The van der Waals surface area contributed by atoms with Crippen molar-refractivity contribution in [2.24, 2.45) is 0 Å². The number of alkyl halides is 1. The van der Waals surface area contributed by atoms with E-state index in [9.17, 15) is 8.42 Å². The van der Waals surface area contributed by atoms with Crippen LogP contribution in [0.1, 0.15) is 27.2 Å². The van der Waals surface area contributed by atoms with Gasteiger partial charge in [0.15, 0.2) is 0 Å². The van der Waals surface area contributed by atoms with E-state index >= 15 is 0 Å². The lowest BCUT2D eigenvalue weighted by molar-refractivity contribution is 0.357. The van der Waals surface area contributed by atoms with E-state index < -0.39 is 10.2 Å². The van der Waals surface area contributed by atoms with Gasteiger partial charge in [0.05, 0.1) is 0 Å². The van der Waals surface area contributed by atoms with E-state index in [4.69, 9.17) is 11.6 Å². The van der Waals surface area contributed by atoms with Crippen LogP contribution in [0.3, 0.4) is 0 Å². The minimum atomic E-state index is -3.31. The highest BCUT2D eigenvalue weighted by Gasteiger charge is 2.26. The van der Waals surface area contributed by atoms with Crippen LogP contribution in [0.5, 0.6) is 0 Å². The second kappa shape index (κ2) is 7.44. The third kappa shape index (κ3) is 4.26. The average Bonchev–Trinajstić information content (AvgIpc) is 2.19. The molecular formula is C9H21ClN2O2S. The normalized spacial score (nSPS) is 12.7. The van der Waals surface area contributed by atoms with Crippen molar-refractivity contribution < 1.29 is 8.42 Å². The molecule has 0 spiro atoms. The predicted molar refractivity (Wildman–Crippen MR) is 64.4 cm³/mol. The van der Waals surface area contributed by atoms with Crippen molar-refractivity contribution in [1.29, 1.82) is 0 Å². The molecule has 0 aromatic heterocycles. The molecule has 0 N–H and O–H groups in total. The molecule has 0 atom stereocenters. The van der Waals surface area contributed by atoms with Crippen molar-refractivity contribution in [3.63, 3.8) is 0 Å². The van der Waals surface area contributed by atoms with Gasteiger partial charge in [0, 0.05) is 32.1 Å². The van der Waals surface area contributed by atoms with E-state index in [0.29, 0.717) is 32.1 Å². The maximum Gasteiger partial charge on any atom is 0.281 e. The Morgan fingerprint density at radius 1 is 1.00 bits per heavy atom. The molecule has 0 aromatic carbocycles. The molecule has 0 unspecified atom stereocenters. The van der Waals surface area contributed by atoms with Gasteiger partial charge in [0.25, 0.3) is 10.2 Å². The fourth-order valence-corrected chi connectivity index (χ4v) is 3.42. The first-order valence-corrected chi connectivity index (χ1v) is 7.28. The summed E-state index contributed by atoms with van der Waals surface area (Å²) in [5, 5.41) is 0. The lowest BCUT2D eigenvalue weighted by atomic mass is 10.5. The third-order valence-corrected chi connectivity index (χ3v) is 4.52. The maximum atomic E-state index is 12.1. The van der Waals surface area contributed by atoms with Crippen LogP contribution < -0.4 is 0 Å². The van der Waals surface area contributed by atoms with Crippen LogP contribution in [0.15, 0.2) is 0 Å². The zero-order valence-corrected chi connectivity index (χ0v) is 11.3. The summed E-state index contributed by atoms with van der Waals surface area (Å²) in [6.45, 7) is 7.55. The van der Waals surface area contributed by atoms with Gasteiger partial charge in [-0.2, -0.15) is 17.0 Å². The highest BCUT2D eigenvalue weighted by Crippen LogP contribution is 2.08. The van der Waals surface area contributed by atoms with Gasteiger partial charge in [-0.1, -0.05) is 20.8 Å². The van der Waals surface area contributed by atoms with Crippen molar-refractivity contribution in [3.8, 4) is 0 Å². The van der Waals surface area contributed by atoms with Gasteiger partial charge in [-0.15, -0.1) is 11.6 Å². The molecule has 0 bridgehead atoms. The number of halogens is 1. The van der Waals surface area contributed by atoms with Gasteiger partial charge >= 0.3 is 0 Å². The third-order valence-electron chi connectivity index (χ3n) is 2.16. The van der Waals surface area contributed by atoms with Gasteiger partial charge in [-0.25, -0.2) is 0 Å². The van der Waals surface area contributed by atoms with Crippen molar-refractivity contribution in [1.82, 2.24) is 8.61 Å². The van der Waals surface area contributed by atoms with Gasteiger partial charge in [0.1, 0.15) is 0 Å². The summed E-state index contributed by atoms with van der Waals surface area (Å²) in [6.07, 6.45) is 0.803. The maximum absolute atomic E-state index is 12.1. The zero-order chi connectivity index (χ0) is 11.9. The lowest BCUT2D eigenvalue weighted by Gasteiger charge is -2.27. The first-order chi connectivity index (χ1) is 7.04. The fraction of sp³-hybridized carbons (Fsp3) is 1.00. The van der Waals surface area contributed by atoms with Crippen LogP contribution in [0.25, 0.3) is 0 Å². The predicted octanol–water partition coefficient (Wildman–Crippen LogP) is 1.52. The summed E-state index contributed by atoms with van der Waals surface area (Å²) >= 11 is 5.60. The van der Waals surface area contributed by atoms with Crippen molar-refractivity contribution in [3.05, 3.63) is 0 Å². The summed E-state index contributed by atoms with van der Waals surface area (Å²) in [5.74, 6) is 0.334. The Hall–Kier alpha value is 0.160. The van der Waals surface area contributed by atoms with Crippen LogP contribution >= 0.6 is 11.6 Å². The van der Waals surface area contributed by atoms with E-state index in [0.717, 1.165) is 6.42 Å². The van der Waals surface area contributed by atoms with E-state index in [1.165, 1.54) is 8.61 Å². The fourth-order valence-electron chi connectivity index (χ4n) is 1.40. The summed E-state index contributed by atoms with van der Waals surface area (Å²) in [5.41, 5.74) is 0. The first-order valence-electron chi connectivity index (χ1n) is 5.35. The Kier molecular flexibility index (Phi) is 7.52. The molecule has 0 fully saturated rings. The minimum Gasteiger partial charge on any atom is -0.195 e. The Balaban J connectivity index is 4.75. The molecule has 0 aliphatic carbocycles. The Labute approximate surface area is 98.4 Å². The molecule has 0 saturated carbocycles. The Bertz CT molecular complexity index is 247. The van der Waals surface area contributed by atoms with Gasteiger partial charge in [0.2, 0.25) is 0 Å². The Morgan fingerprint density at radius 2 is 1.53 bits per heavy atom.